The van der Waals surface area contributed by atoms with Crippen LogP contribution < -0.4 is 5.32 Å². The zero-order valence-corrected chi connectivity index (χ0v) is 11.2. The van der Waals surface area contributed by atoms with E-state index in [2.05, 4.69) is 5.32 Å². The van der Waals surface area contributed by atoms with Crippen molar-refractivity contribution in [1.29, 1.82) is 0 Å². The second kappa shape index (κ2) is 5.31. The van der Waals surface area contributed by atoms with Crippen LogP contribution in [0.5, 0.6) is 0 Å². The van der Waals surface area contributed by atoms with Crippen LogP contribution >= 0.6 is 0 Å². The second-order valence-corrected chi connectivity index (χ2v) is 5.54. The van der Waals surface area contributed by atoms with Gasteiger partial charge < -0.3 is 10.2 Å². The number of nitrogens with zero attached hydrogens (tertiary/aromatic N) is 1. The minimum atomic E-state index is -4.47. The third kappa shape index (κ3) is 2.47. The maximum Gasteiger partial charge on any atom is 0.404 e. The van der Waals surface area contributed by atoms with Crippen LogP contribution in [-0.2, 0) is 4.79 Å². The highest BCUT2D eigenvalue weighted by molar-refractivity contribution is 5.84. The lowest BCUT2D eigenvalue weighted by Crippen LogP contribution is -2.55. The standard InChI is InChI=1S/C13H21F3N2O/c1-2-18(10-5-3-4-6-10)11(19)12(13(14,15)16)7-8-17-9-12/h10,17H,2-9H2,1H3. The minimum Gasteiger partial charge on any atom is -0.339 e. The van der Waals surface area contributed by atoms with Crippen LogP contribution in [0.2, 0.25) is 0 Å². The number of alkyl halides is 3. The molecule has 0 aromatic heterocycles. The van der Waals surface area contributed by atoms with E-state index in [-0.39, 0.29) is 25.6 Å². The van der Waals surface area contributed by atoms with Crippen molar-refractivity contribution in [2.45, 2.75) is 51.2 Å². The van der Waals surface area contributed by atoms with Crippen molar-refractivity contribution in [3.05, 3.63) is 0 Å². The first kappa shape index (κ1) is 14.6. The Morgan fingerprint density at radius 1 is 1.37 bits per heavy atom. The molecule has 0 spiro atoms. The first-order chi connectivity index (χ1) is 8.92. The van der Waals surface area contributed by atoms with Crippen LogP contribution in [0.25, 0.3) is 0 Å². The molecule has 1 aliphatic carbocycles. The van der Waals surface area contributed by atoms with Gasteiger partial charge in [-0.25, -0.2) is 0 Å². The molecule has 1 saturated carbocycles. The van der Waals surface area contributed by atoms with Crippen LogP contribution in [0.15, 0.2) is 0 Å². The molecule has 0 aromatic carbocycles. The fourth-order valence-corrected chi connectivity index (χ4v) is 3.30. The average Bonchev–Trinajstić information content (AvgIpc) is 3.00. The molecule has 0 aromatic rings. The molecule has 2 fully saturated rings. The predicted molar refractivity (Wildman–Crippen MR) is 65.6 cm³/mol. The molecule has 3 nitrogen and oxygen atoms in total. The molecule has 6 heteroatoms. The summed E-state index contributed by atoms with van der Waals surface area (Å²) in [6.07, 6.45) is -0.933. The number of carbonyl (C=O) groups is 1. The quantitative estimate of drug-likeness (QED) is 0.859. The third-order valence-electron chi connectivity index (χ3n) is 4.47. The van der Waals surface area contributed by atoms with Gasteiger partial charge in [-0.2, -0.15) is 13.2 Å². The van der Waals surface area contributed by atoms with Crippen LogP contribution in [0.1, 0.15) is 39.0 Å². The Bertz CT molecular complexity index is 331. The van der Waals surface area contributed by atoms with Crippen molar-refractivity contribution in [2.24, 2.45) is 5.41 Å². The zero-order valence-electron chi connectivity index (χ0n) is 11.2. The lowest BCUT2D eigenvalue weighted by molar-refractivity contribution is -0.222. The summed E-state index contributed by atoms with van der Waals surface area (Å²) in [6, 6.07) is -0.00248. The van der Waals surface area contributed by atoms with E-state index in [9.17, 15) is 18.0 Å². The highest BCUT2D eigenvalue weighted by Gasteiger charge is 2.62. The first-order valence-electron chi connectivity index (χ1n) is 7.01. The van der Waals surface area contributed by atoms with Crippen molar-refractivity contribution in [2.75, 3.05) is 19.6 Å². The monoisotopic (exact) mass is 278 g/mol. The number of hydrogen-bond donors (Lipinski definition) is 1. The summed E-state index contributed by atoms with van der Waals surface area (Å²) in [4.78, 5) is 14.0. The van der Waals surface area contributed by atoms with Crippen molar-refractivity contribution in [3.63, 3.8) is 0 Å². The molecule has 0 radical (unpaired) electrons. The summed E-state index contributed by atoms with van der Waals surface area (Å²) in [6.45, 7) is 2.11. The first-order valence-corrected chi connectivity index (χ1v) is 7.01. The number of nitrogens with one attached hydrogen (secondary N) is 1. The van der Waals surface area contributed by atoms with E-state index in [1.54, 1.807) is 6.92 Å². The van der Waals surface area contributed by atoms with E-state index in [1.807, 2.05) is 0 Å². The molecule has 19 heavy (non-hydrogen) atoms. The molecule has 2 aliphatic rings. The van der Waals surface area contributed by atoms with E-state index in [0.29, 0.717) is 6.54 Å². The minimum absolute atomic E-state index is 0.00248. The normalized spacial score (nSPS) is 28.8. The molecule has 1 saturated heterocycles. The van der Waals surface area contributed by atoms with E-state index in [4.69, 9.17) is 0 Å². The van der Waals surface area contributed by atoms with Crippen molar-refractivity contribution >= 4 is 5.91 Å². The summed E-state index contributed by atoms with van der Waals surface area (Å²) < 4.78 is 40.1. The van der Waals surface area contributed by atoms with Gasteiger partial charge in [0.05, 0.1) is 0 Å². The van der Waals surface area contributed by atoms with Gasteiger partial charge in [-0.05, 0) is 32.7 Å². The number of hydrogen-bond acceptors (Lipinski definition) is 2. The van der Waals surface area contributed by atoms with Crippen molar-refractivity contribution < 1.29 is 18.0 Å². The maximum absolute atomic E-state index is 13.4. The average molecular weight is 278 g/mol. The Morgan fingerprint density at radius 2 is 2.00 bits per heavy atom. The van der Waals surface area contributed by atoms with E-state index in [1.165, 1.54) is 4.90 Å². The van der Waals surface area contributed by atoms with E-state index < -0.39 is 17.5 Å². The summed E-state index contributed by atoms with van der Waals surface area (Å²) >= 11 is 0. The fourth-order valence-electron chi connectivity index (χ4n) is 3.30. The Morgan fingerprint density at radius 3 is 2.42 bits per heavy atom. The van der Waals surface area contributed by atoms with Gasteiger partial charge in [0.2, 0.25) is 5.91 Å². The van der Waals surface area contributed by atoms with Crippen molar-refractivity contribution in [3.8, 4) is 0 Å². The van der Waals surface area contributed by atoms with Gasteiger partial charge in [-0.1, -0.05) is 12.8 Å². The summed E-state index contributed by atoms with van der Waals surface area (Å²) in [5.41, 5.74) is -2.20. The topological polar surface area (TPSA) is 32.3 Å². The van der Waals surface area contributed by atoms with E-state index >= 15 is 0 Å². The second-order valence-electron chi connectivity index (χ2n) is 5.54. The molecule has 2 rings (SSSR count). The highest BCUT2D eigenvalue weighted by Crippen LogP contribution is 2.45. The molecular formula is C13H21F3N2O. The van der Waals surface area contributed by atoms with Gasteiger partial charge in [-0.3, -0.25) is 4.79 Å². The zero-order chi connectivity index (χ0) is 14.1. The summed E-state index contributed by atoms with van der Waals surface area (Å²) in [7, 11) is 0. The number of carbonyl (C=O) groups excluding carboxylic acids is 1. The summed E-state index contributed by atoms with van der Waals surface area (Å²) in [5, 5.41) is 2.70. The Labute approximate surface area is 111 Å². The largest absolute Gasteiger partial charge is 0.404 e. The van der Waals surface area contributed by atoms with Gasteiger partial charge >= 0.3 is 6.18 Å². The van der Waals surface area contributed by atoms with E-state index in [0.717, 1.165) is 25.7 Å². The van der Waals surface area contributed by atoms with Crippen LogP contribution in [0.4, 0.5) is 13.2 Å². The molecule has 1 atom stereocenters. The molecule has 1 heterocycles. The number of rotatable bonds is 3. The molecule has 0 bridgehead atoms. The Kier molecular flexibility index (Phi) is 4.08. The predicted octanol–water partition coefficient (Wildman–Crippen LogP) is 2.32. The molecule has 1 N–H and O–H groups in total. The van der Waals surface area contributed by atoms with Gasteiger partial charge in [0, 0.05) is 19.1 Å². The number of halogens is 3. The smallest absolute Gasteiger partial charge is 0.339 e. The van der Waals surface area contributed by atoms with Gasteiger partial charge in [0.15, 0.2) is 5.41 Å². The Hall–Kier alpha value is -0.780. The van der Waals surface area contributed by atoms with Gasteiger partial charge in [-0.15, -0.1) is 0 Å². The summed E-state index contributed by atoms with van der Waals surface area (Å²) in [5.74, 6) is -0.723. The third-order valence-corrected chi connectivity index (χ3v) is 4.47. The lowest BCUT2D eigenvalue weighted by atomic mass is 9.84. The maximum atomic E-state index is 13.4. The molecule has 1 amide bonds. The molecule has 1 unspecified atom stereocenters. The molecular weight excluding hydrogens is 257 g/mol. The van der Waals surface area contributed by atoms with Crippen molar-refractivity contribution in [1.82, 2.24) is 10.2 Å². The fraction of sp³-hybridized carbons (Fsp3) is 0.923. The lowest BCUT2D eigenvalue weighted by Gasteiger charge is -2.37. The van der Waals surface area contributed by atoms with Crippen LogP contribution in [0.3, 0.4) is 0 Å². The van der Waals surface area contributed by atoms with Crippen LogP contribution in [0, 0.1) is 5.41 Å². The SMILES string of the molecule is CCN(C(=O)C1(C(F)(F)F)CCNC1)C1CCCC1. The van der Waals surface area contributed by atoms with Gasteiger partial charge in [0.25, 0.3) is 0 Å². The highest BCUT2D eigenvalue weighted by atomic mass is 19.4. The molecule has 110 valence electrons. The van der Waals surface area contributed by atoms with Crippen LogP contribution in [-0.4, -0.2) is 42.7 Å². The molecule has 1 aliphatic heterocycles. The number of amides is 1. The van der Waals surface area contributed by atoms with Gasteiger partial charge in [0.1, 0.15) is 0 Å². The Balaban J connectivity index is 2.23.